The normalized spacial score (nSPS) is 13.4. The van der Waals surface area contributed by atoms with Gasteiger partial charge in [0.15, 0.2) is 0 Å². The van der Waals surface area contributed by atoms with Crippen LogP contribution in [0.4, 0.5) is 4.79 Å². The molecule has 0 atom stereocenters. The summed E-state index contributed by atoms with van der Waals surface area (Å²) in [6.45, 7) is 9.72. The molecule has 1 N–H and O–H groups in total. The molecule has 1 aliphatic heterocycles. The third-order valence-corrected chi connectivity index (χ3v) is 5.12. The first kappa shape index (κ1) is 19.1. The number of benzene rings is 1. The predicted molar refractivity (Wildman–Crippen MR) is 111 cm³/mol. The molecular formula is C22H26N6O. The quantitative estimate of drug-likeness (QED) is 0.743. The Bertz CT molecular complexity index is 1050. The average Bonchev–Trinajstić information content (AvgIpc) is 3.31. The van der Waals surface area contributed by atoms with Crippen LogP contribution in [0.1, 0.15) is 49.2 Å². The second-order valence-corrected chi connectivity index (χ2v) is 8.40. The maximum absolute atomic E-state index is 12.8. The molecule has 0 bridgehead atoms. The molecule has 3 aromatic rings. The molecule has 2 amide bonds. The van der Waals surface area contributed by atoms with Gasteiger partial charge in [0.1, 0.15) is 11.6 Å². The van der Waals surface area contributed by atoms with Crippen LogP contribution in [0.2, 0.25) is 0 Å². The van der Waals surface area contributed by atoms with Gasteiger partial charge in [0, 0.05) is 36.1 Å². The van der Waals surface area contributed by atoms with E-state index in [-0.39, 0.29) is 11.4 Å². The van der Waals surface area contributed by atoms with E-state index in [1.807, 2.05) is 48.1 Å². The number of imidazole rings is 1. The molecule has 0 saturated carbocycles. The van der Waals surface area contributed by atoms with E-state index in [4.69, 9.17) is 0 Å². The maximum atomic E-state index is 12.8. The molecule has 4 rings (SSSR count). The summed E-state index contributed by atoms with van der Waals surface area (Å²) in [5.74, 6) is 1.72. The largest absolute Gasteiger partial charge is 0.334 e. The van der Waals surface area contributed by atoms with E-state index in [0.29, 0.717) is 19.6 Å². The van der Waals surface area contributed by atoms with Crippen LogP contribution in [0.25, 0.3) is 5.69 Å². The third kappa shape index (κ3) is 3.85. The standard InChI is InChI=1S/C22H26N6O/c1-15-23-9-10-28(15)19-8-6-5-7-16(19)11-25-21(29)27-13-17-12-24-20(22(2,3)4)26-18(17)14-27/h5-10,12H,11,13-14H2,1-4H3,(H,25,29). The summed E-state index contributed by atoms with van der Waals surface area (Å²) in [5, 5.41) is 3.05. The highest BCUT2D eigenvalue weighted by molar-refractivity contribution is 5.75. The molecule has 0 spiro atoms. The Kier molecular flexibility index (Phi) is 4.82. The van der Waals surface area contributed by atoms with Crippen LogP contribution in [0.5, 0.6) is 0 Å². The summed E-state index contributed by atoms with van der Waals surface area (Å²) in [6, 6.07) is 7.92. The van der Waals surface area contributed by atoms with E-state index < -0.39 is 0 Å². The number of carbonyl (C=O) groups is 1. The summed E-state index contributed by atoms with van der Waals surface area (Å²) >= 11 is 0. The van der Waals surface area contributed by atoms with Crippen LogP contribution in [-0.4, -0.2) is 30.5 Å². The number of nitrogens with one attached hydrogen (secondary N) is 1. The SMILES string of the molecule is Cc1nccn1-c1ccccc1CNC(=O)N1Cc2cnc(C(C)(C)C)nc2C1. The average molecular weight is 390 g/mol. The summed E-state index contributed by atoms with van der Waals surface area (Å²) in [4.78, 5) is 28.0. The Morgan fingerprint density at radius 1 is 1.17 bits per heavy atom. The van der Waals surface area contributed by atoms with Crippen LogP contribution in [0.3, 0.4) is 0 Å². The summed E-state index contributed by atoms with van der Waals surface area (Å²) in [7, 11) is 0. The van der Waals surface area contributed by atoms with Crippen LogP contribution in [0, 0.1) is 6.92 Å². The molecule has 1 aliphatic rings. The van der Waals surface area contributed by atoms with Gasteiger partial charge in [-0.1, -0.05) is 39.0 Å². The second-order valence-electron chi connectivity index (χ2n) is 8.40. The highest BCUT2D eigenvalue weighted by Crippen LogP contribution is 2.25. The molecule has 0 saturated heterocycles. The fourth-order valence-corrected chi connectivity index (χ4v) is 3.47. The number of carbonyl (C=O) groups excluding carboxylic acids is 1. The number of aromatic nitrogens is 4. The van der Waals surface area contributed by atoms with E-state index in [2.05, 4.69) is 41.0 Å². The number of hydrogen-bond acceptors (Lipinski definition) is 4. The van der Waals surface area contributed by atoms with E-state index in [9.17, 15) is 4.79 Å². The van der Waals surface area contributed by atoms with Gasteiger partial charge in [-0.3, -0.25) is 0 Å². The first-order valence-corrected chi connectivity index (χ1v) is 9.79. The summed E-state index contributed by atoms with van der Waals surface area (Å²) in [5.41, 5.74) is 3.90. The van der Waals surface area contributed by atoms with E-state index in [1.165, 1.54) is 0 Å². The van der Waals surface area contributed by atoms with Crippen LogP contribution in [-0.2, 0) is 25.0 Å². The van der Waals surface area contributed by atoms with Gasteiger partial charge in [0.25, 0.3) is 0 Å². The molecule has 0 fully saturated rings. The number of fused-ring (bicyclic) bond motifs is 1. The zero-order valence-corrected chi connectivity index (χ0v) is 17.3. The van der Waals surface area contributed by atoms with Crippen molar-refractivity contribution in [2.75, 3.05) is 0 Å². The van der Waals surface area contributed by atoms with Crippen molar-refractivity contribution in [2.24, 2.45) is 0 Å². The lowest BCUT2D eigenvalue weighted by atomic mass is 9.95. The Morgan fingerprint density at radius 3 is 2.69 bits per heavy atom. The molecule has 0 unspecified atom stereocenters. The van der Waals surface area contributed by atoms with E-state index in [0.717, 1.165) is 34.2 Å². The molecule has 2 aromatic heterocycles. The lowest BCUT2D eigenvalue weighted by molar-refractivity contribution is 0.197. The Labute approximate surface area is 170 Å². The fraction of sp³-hybridized carbons (Fsp3) is 0.364. The van der Waals surface area contributed by atoms with E-state index in [1.54, 1.807) is 11.1 Å². The molecule has 0 radical (unpaired) electrons. The third-order valence-electron chi connectivity index (χ3n) is 5.12. The van der Waals surface area contributed by atoms with Gasteiger partial charge < -0.3 is 14.8 Å². The van der Waals surface area contributed by atoms with Crippen molar-refractivity contribution in [3.63, 3.8) is 0 Å². The summed E-state index contributed by atoms with van der Waals surface area (Å²) < 4.78 is 2.02. The Hall–Kier alpha value is -3.22. The highest BCUT2D eigenvalue weighted by Gasteiger charge is 2.27. The second kappa shape index (κ2) is 7.31. The number of para-hydroxylation sites is 1. The van der Waals surface area contributed by atoms with E-state index >= 15 is 0 Å². The topological polar surface area (TPSA) is 75.9 Å². The number of urea groups is 1. The number of aryl methyl sites for hydroxylation is 1. The molecule has 150 valence electrons. The number of hydrogen-bond donors (Lipinski definition) is 1. The van der Waals surface area contributed by atoms with Crippen LogP contribution >= 0.6 is 0 Å². The minimum Gasteiger partial charge on any atom is -0.334 e. The monoisotopic (exact) mass is 390 g/mol. The molecule has 7 nitrogen and oxygen atoms in total. The lowest BCUT2D eigenvalue weighted by Gasteiger charge is -2.18. The van der Waals surface area contributed by atoms with Crippen LogP contribution in [0.15, 0.2) is 42.9 Å². The zero-order chi connectivity index (χ0) is 20.6. The zero-order valence-electron chi connectivity index (χ0n) is 17.3. The molecule has 0 aliphatic carbocycles. The highest BCUT2D eigenvalue weighted by atomic mass is 16.2. The van der Waals surface area contributed by atoms with Crippen molar-refractivity contribution in [3.8, 4) is 5.69 Å². The minimum absolute atomic E-state index is 0.0996. The van der Waals surface area contributed by atoms with Crippen molar-refractivity contribution in [3.05, 3.63) is 71.3 Å². The Balaban J connectivity index is 1.45. The first-order chi connectivity index (χ1) is 13.8. The fourth-order valence-electron chi connectivity index (χ4n) is 3.47. The first-order valence-electron chi connectivity index (χ1n) is 9.79. The molecule has 3 heterocycles. The van der Waals surface area contributed by atoms with Gasteiger partial charge in [-0.2, -0.15) is 0 Å². The maximum Gasteiger partial charge on any atom is 0.318 e. The molecule has 29 heavy (non-hydrogen) atoms. The van der Waals surface area contributed by atoms with Gasteiger partial charge in [-0.25, -0.2) is 19.7 Å². The van der Waals surface area contributed by atoms with Crippen molar-refractivity contribution in [2.45, 2.75) is 52.7 Å². The van der Waals surface area contributed by atoms with Gasteiger partial charge in [-0.05, 0) is 18.6 Å². The van der Waals surface area contributed by atoms with Crippen molar-refractivity contribution < 1.29 is 4.79 Å². The van der Waals surface area contributed by atoms with Gasteiger partial charge in [-0.15, -0.1) is 0 Å². The van der Waals surface area contributed by atoms with Crippen LogP contribution < -0.4 is 5.32 Å². The smallest absolute Gasteiger partial charge is 0.318 e. The van der Waals surface area contributed by atoms with Crippen molar-refractivity contribution in [1.82, 2.24) is 29.7 Å². The van der Waals surface area contributed by atoms with Gasteiger partial charge in [0.05, 0.1) is 24.5 Å². The van der Waals surface area contributed by atoms with Crippen molar-refractivity contribution in [1.29, 1.82) is 0 Å². The lowest BCUT2D eigenvalue weighted by Crippen LogP contribution is -2.36. The predicted octanol–water partition coefficient (Wildman–Crippen LogP) is 3.49. The molecule has 7 heteroatoms. The number of nitrogens with zero attached hydrogens (tertiary/aromatic N) is 5. The van der Waals surface area contributed by atoms with Crippen molar-refractivity contribution >= 4 is 6.03 Å². The molecular weight excluding hydrogens is 364 g/mol. The minimum atomic E-state index is -0.111. The number of rotatable bonds is 3. The van der Waals surface area contributed by atoms with Gasteiger partial charge >= 0.3 is 6.03 Å². The Morgan fingerprint density at radius 2 is 1.97 bits per heavy atom. The van der Waals surface area contributed by atoms with Gasteiger partial charge in [0.2, 0.25) is 0 Å². The summed E-state index contributed by atoms with van der Waals surface area (Å²) in [6.07, 6.45) is 5.56. The molecule has 1 aromatic carbocycles. The number of amides is 2.